The maximum absolute atomic E-state index is 13.0. The normalized spacial score (nSPS) is 12.3. The molecular weight excluding hydrogens is 455 g/mol. The Labute approximate surface area is 189 Å². The van der Waals surface area contributed by atoms with E-state index in [-0.39, 0.29) is 12.1 Å². The number of hydrogen-bond acceptors (Lipinski definition) is 9. The first kappa shape index (κ1) is 24.0. The standard InChI is InChI=1S/C18H19FN8O.CH4O3S/c1-10(2)28-16-6-15(25-26-16)27-9-22-13-4-5-14(24-18(13)27)23-11(3)17-20-7-12(19)8-21-17;1-5(2,3)4/h4-11H,1-3H3,(H,23,24)(H,25,26);1H3,(H,2,3,4). The number of hydrogen-bond donors (Lipinski definition) is 3. The maximum Gasteiger partial charge on any atom is 0.261 e. The van der Waals surface area contributed by atoms with Crippen LogP contribution in [-0.4, -0.2) is 60.0 Å². The molecule has 0 aliphatic carbocycles. The number of imidazole rings is 1. The number of ether oxygens (including phenoxy) is 1. The molecule has 3 N–H and O–H groups in total. The van der Waals surface area contributed by atoms with Gasteiger partial charge < -0.3 is 10.1 Å². The molecule has 4 aromatic rings. The first-order chi connectivity index (χ1) is 15.5. The van der Waals surface area contributed by atoms with Gasteiger partial charge in [0.2, 0.25) is 5.88 Å². The van der Waals surface area contributed by atoms with Crippen LogP contribution in [0.5, 0.6) is 5.88 Å². The number of anilines is 1. The van der Waals surface area contributed by atoms with Crippen LogP contribution in [0.15, 0.2) is 36.9 Å². The molecule has 0 radical (unpaired) electrons. The van der Waals surface area contributed by atoms with Gasteiger partial charge >= 0.3 is 0 Å². The van der Waals surface area contributed by atoms with Gasteiger partial charge in [-0.2, -0.15) is 13.5 Å². The van der Waals surface area contributed by atoms with E-state index in [0.29, 0.717) is 35.2 Å². The van der Waals surface area contributed by atoms with Crippen molar-refractivity contribution < 1.29 is 22.1 Å². The molecule has 176 valence electrons. The predicted molar refractivity (Wildman–Crippen MR) is 118 cm³/mol. The van der Waals surface area contributed by atoms with Crippen molar-refractivity contribution in [1.29, 1.82) is 0 Å². The van der Waals surface area contributed by atoms with Crippen molar-refractivity contribution >= 4 is 27.1 Å². The van der Waals surface area contributed by atoms with Crippen LogP contribution in [0, 0.1) is 5.82 Å². The second-order valence-corrected chi connectivity index (χ2v) is 8.74. The minimum Gasteiger partial charge on any atom is -0.475 e. The molecule has 0 saturated heterocycles. The summed E-state index contributed by atoms with van der Waals surface area (Å²) in [5.41, 5.74) is 1.37. The third-order valence-electron chi connectivity index (χ3n) is 3.94. The average molecular weight is 479 g/mol. The average Bonchev–Trinajstić information content (AvgIpc) is 3.33. The maximum atomic E-state index is 13.0. The van der Waals surface area contributed by atoms with Crippen LogP contribution >= 0.6 is 0 Å². The van der Waals surface area contributed by atoms with Crippen LogP contribution in [0.4, 0.5) is 10.2 Å². The third kappa shape index (κ3) is 6.92. The molecule has 14 heteroatoms. The summed E-state index contributed by atoms with van der Waals surface area (Å²) in [6.07, 6.45) is 4.69. The highest BCUT2D eigenvalue weighted by Crippen LogP contribution is 2.22. The molecule has 0 aromatic carbocycles. The zero-order chi connectivity index (χ0) is 24.2. The van der Waals surface area contributed by atoms with E-state index in [1.807, 2.05) is 32.9 Å². The van der Waals surface area contributed by atoms with Crippen LogP contribution < -0.4 is 10.1 Å². The van der Waals surface area contributed by atoms with Crippen LogP contribution in [-0.2, 0) is 10.1 Å². The molecule has 0 saturated carbocycles. The van der Waals surface area contributed by atoms with Gasteiger partial charge in [-0.1, -0.05) is 0 Å². The van der Waals surface area contributed by atoms with Crippen molar-refractivity contribution in [2.45, 2.75) is 32.9 Å². The molecule has 4 aromatic heterocycles. The molecule has 1 unspecified atom stereocenters. The quantitative estimate of drug-likeness (QED) is 0.351. The highest BCUT2D eigenvalue weighted by molar-refractivity contribution is 7.85. The molecule has 0 aliphatic rings. The van der Waals surface area contributed by atoms with E-state index in [0.717, 1.165) is 17.9 Å². The summed E-state index contributed by atoms with van der Waals surface area (Å²) in [6.45, 7) is 5.76. The summed E-state index contributed by atoms with van der Waals surface area (Å²) in [4.78, 5) is 17.0. The van der Waals surface area contributed by atoms with E-state index in [1.165, 1.54) is 0 Å². The minimum absolute atomic E-state index is 0.0388. The van der Waals surface area contributed by atoms with E-state index in [4.69, 9.17) is 9.29 Å². The van der Waals surface area contributed by atoms with E-state index in [9.17, 15) is 12.8 Å². The Morgan fingerprint density at radius 1 is 1.18 bits per heavy atom. The molecular formula is C19H23FN8O4S. The summed E-state index contributed by atoms with van der Waals surface area (Å²) in [5, 5.41) is 10.3. The van der Waals surface area contributed by atoms with Gasteiger partial charge in [0, 0.05) is 6.07 Å². The fourth-order valence-electron chi connectivity index (χ4n) is 2.71. The number of H-pyrrole nitrogens is 1. The summed E-state index contributed by atoms with van der Waals surface area (Å²) in [7, 11) is -3.67. The summed E-state index contributed by atoms with van der Waals surface area (Å²) >= 11 is 0. The highest BCUT2D eigenvalue weighted by atomic mass is 32.2. The number of nitrogens with one attached hydrogen (secondary N) is 2. The molecule has 12 nitrogen and oxygen atoms in total. The predicted octanol–water partition coefficient (Wildman–Crippen LogP) is 2.54. The Morgan fingerprint density at radius 3 is 2.48 bits per heavy atom. The van der Waals surface area contributed by atoms with Gasteiger partial charge in [0.25, 0.3) is 10.1 Å². The van der Waals surface area contributed by atoms with Gasteiger partial charge in [-0.25, -0.2) is 29.4 Å². The number of rotatable bonds is 6. The SMILES string of the molecule is CC(C)Oc1cc(-n2cnc3ccc(NC(C)c4ncc(F)cn4)nc32)n[nH]1.CS(=O)(=O)O. The summed E-state index contributed by atoms with van der Waals surface area (Å²) in [6, 6.07) is 5.21. The molecule has 4 heterocycles. The minimum atomic E-state index is -3.67. The molecule has 33 heavy (non-hydrogen) atoms. The molecule has 0 fully saturated rings. The number of aromatic nitrogens is 7. The third-order valence-corrected chi connectivity index (χ3v) is 3.94. The lowest BCUT2D eigenvalue weighted by atomic mass is 10.3. The Morgan fingerprint density at radius 2 is 1.85 bits per heavy atom. The smallest absolute Gasteiger partial charge is 0.261 e. The van der Waals surface area contributed by atoms with Gasteiger partial charge in [0.1, 0.15) is 23.5 Å². The van der Waals surface area contributed by atoms with Crippen LogP contribution in [0.25, 0.3) is 17.0 Å². The van der Waals surface area contributed by atoms with Gasteiger partial charge in [0.05, 0.1) is 30.8 Å². The molecule has 0 spiro atoms. The molecule has 0 bridgehead atoms. The summed E-state index contributed by atoms with van der Waals surface area (Å²) < 4.78 is 46.3. The first-order valence-electron chi connectivity index (χ1n) is 9.72. The van der Waals surface area contributed by atoms with E-state index < -0.39 is 15.9 Å². The Hall–Kier alpha value is -3.65. The highest BCUT2D eigenvalue weighted by Gasteiger charge is 2.14. The molecule has 1 atom stereocenters. The van der Waals surface area contributed by atoms with E-state index in [1.54, 1.807) is 17.0 Å². The number of aromatic amines is 1. The van der Waals surface area contributed by atoms with Gasteiger partial charge in [0.15, 0.2) is 17.3 Å². The Bertz CT molecular complexity index is 1310. The fourth-order valence-corrected chi connectivity index (χ4v) is 2.71. The largest absolute Gasteiger partial charge is 0.475 e. The first-order valence-corrected chi connectivity index (χ1v) is 11.6. The van der Waals surface area contributed by atoms with Crippen molar-refractivity contribution in [1.82, 2.24) is 34.7 Å². The van der Waals surface area contributed by atoms with Crippen molar-refractivity contribution in [3.63, 3.8) is 0 Å². The molecule has 0 aliphatic heterocycles. The van der Waals surface area contributed by atoms with Crippen molar-refractivity contribution in [2.24, 2.45) is 0 Å². The van der Waals surface area contributed by atoms with Crippen LogP contribution in [0.3, 0.4) is 0 Å². The van der Waals surface area contributed by atoms with Crippen molar-refractivity contribution in [3.8, 4) is 11.7 Å². The zero-order valence-electron chi connectivity index (χ0n) is 18.3. The van der Waals surface area contributed by atoms with Gasteiger partial charge in [-0.05, 0) is 32.9 Å². The Balaban J connectivity index is 0.000000555. The molecule has 0 amide bonds. The fraction of sp³-hybridized carbons (Fsp3) is 0.316. The number of nitrogens with zero attached hydrogens (tertiary/aromatic N) is 6. The molecule has 4 rings (SSSR count). The Kier molecular flexibility index (Phi) is 7.18. The lowest BCUT2D eigenvalue weighted by Gasteiger charge is -2.13. The second-order valence-electron chi connectivity index (χ2n) is 7.27. The summed E-state index contributed by atoms with van der Waals surface area (Å²) in [5.74, 6) is 1.81. The van der Waals surface area contributed by atoms with Gasteiger partial charge in [-0.15, -0.1) is 0 Å². The number of fused-ring (bicyclic) bond motifs is 1. The topological polar surface area (TPSA) is 161 Å². The lowest BCUT2D eigenvalue weighted by Crippen LogP contribution is -2.11. The monoisotopic (exact) mass is 478 g/mol. The number of halogens is 1. The van der Waals surface area contributed by atoms with Crippen molar-refractivity contribution in [3.05, 3.63) is 48.6 Å². The van der Waals surface area contributed by atoms with E-state index in [2.05, 4.69) is 35.5 Å². The van der Waals surface area contributed by atoms with Gasteiger partial charge in [-0.3, -0.25) is 9.12 Å². The van der Waals surface area contributed by atoms with E-state index >= 15 is 0 Å². The second kappa shape index (κ2) is 9.87. The van der Waals surface area contributed by atoms with Crippen molar-refractivity contribution in [2.75, 3.05) is 11.6 Å². The van der Waals surface area contributed by atoms with Crippen LogP contribution in [0.1, 0.15) is 32.6 Å². The van der Waals surface area contributed by atoms with Crippen LogP contribution in [0.2, 0.25) is 0 Å². The zero-order valence-corrected chi connectivity index (χ0v) is 19.1. The number of pyridine rings is 1. The lowest BCUT2D eigenvalue weighted by molar-refractivity contribution is 0.232.